The molecule has 0 fully saturated rings. The maximum Gasteiger partial charge on any atom is 0.0352 e. The fraction of sp³-hybridized carbons (Fsp3) is 0.385. The van der Waals surface area contributed by atoms with Crippen molar-refractivity contribution in [3.63, 3.8) is 0 Å². The van der Waals surface area contributed by atoms with Crippen LogP contribution in [0.2, 0.25) is 0 Å². The van der Waals surface area contributed by atoms with Crippen molar-refractivity contribution < 1.29 is 0 Å². The van der Waals surface area contributed by atoms with E-state index in [1.165, 1.54) is 0 Å². The van der Waals surface area contributed by atoms with Crippen molar-refractivity contribution >= 4 is 5.69 Å². The number of nitrogens with one attached hydrogen (secondary N) is 1. The minimum absolute atomic E-state index is 0.924. The lowest BCUT2D eigenvalue weighted by molar-refractivity contribution is 0.405. The summed E-state index contributed by atoms with van der Waals surface area (Å²) in [5, 5.41) is 3.35. The minimum Gasteiger partial charge on any atom is -0.385 e. The van der Waals surface area contributed by atoms with Crippen LogP contribution in [0, 0.1) is 12.3 Å². The number of anilines is 1. The van der Waals surface area contributed by atoms with Crippen LogP contribution < -0.4 is 5.32 Å². The van der Waals surface area contributed by atoms with Gasteiger partial charge >= 0.3 is 0 Å². The molecule has 1 aromatic rings. The van der Waals surface area contributed by atoms with E-state index in [4.69, 9.17) is 6.42 Å². The molecule has 80 valence electrons. The fourth-order valence-corrected chi connectivity index (χ4v) is 1.35. The SMILES string of the molecule is C#Cc1cccc(NCCCN(C)C)c1. The van der Waals surface area contributed by atoms with Gasteiger partial charge in [-0.15, -0.1) is 6.42 Å². The Bertz CT molecular complexity index is 337. The fourth-order valence-electron chi connectivity index (χ4n) is 1.35. The Kier molecular flexibility index (Phi) is 4.73. The summed E-state index contributed by atoms with van der Waals surface area (Å²) >= 11 is 0. The quantitative estimate of drug-likeness (QED) is 0.580. The Hall–Kier alpha value is -1.46. The second kappa shape index (κ2) is 6.10. The first-order chi connectivity index (χ1) is 7.22. The van der Waals surface area contributed by atoms with Gasteiger partial charge in [0, 0.05) is 17.8 Å². The topological polar surface area (TPSA) is 15.3 Å². The van der Waals surface area contributed by atoms with Gasteiger partial charge in [-0.1, -0.05) is 12.0 Å². The molecule has 0 bridgehead atoms. The molecule has 0 aliphatic carbocycles. The first kappa shape index (κ1) is 11.6. The van der Waals surface area contributed by atoms with Crippen LogP contribution in [0.25, 0.3) is 0 Å². The van der Waals surface area contributed by atoms with E-state index in [9.17, 15) is 0 Å². The predicted molar refractivity (Wildman–Crippen MR) is 66.0 cm³/mol. The van der Waals surface area contributed by atoms with Crippen molar-refractivity contribution in [3.05, 3.63) is 29.8 Å². The van der Waals surface area contributed by atoms with E-state index in [1.807, 2.05) is 24.3 Å². The zero-order valence-electron chi connectivity index (χ0n) is 9.46. The summed E-state index contributed by atoms with van der Waals surface area (Å²) in [5.41, 5.74) is 2.02. The Morgan fingerprint density at radius 3 is 2.87 bits per heavy atom. The lowest BCUT2D eigenvalue weighted by Crippen LogP contribution is -2.16. The molecule has 0 aliphatic rings. The number of terminal acetylenes is 1. The molecule has 0 aromatic heterocycles. The molecule has 0 atom stereocenters. The molecule has 15 heavy (non-hydrogen) atoms. The summed E-state index contributed by atoms with van der Waals surface area (Å²) in [4.78, 5) is 2.18. The molecular formula is C13H18N2. The molecule has 0 radical (unpaired) electrons. The van der Waals surface area contributed by atoms with E-state index in [2.05, 4.69) is 30.2 Å². The van der Waals surface area contributed by atoms with Crippen molar-refractivity contribution in [1.29, 1.82) is 0 Å². The Balaban J connectivity index is 2.35. The Labute approximate surface area is 92.3 Å². The lowest BCUT2D eigenvalue weighted by Gasteiger charge is -2.10. The first-order valence-corrected chi connectivity index (χ1v) is 5.17. The predicted octanol–water partition coefficient (Wildman–Crippen LogP) is 2.03. The number of hydrogen-bond donors (Lipinski definition) is 1. The molecule has 2 heteroatoms. The smallest absolute Gasteiger partial charge is 0.0352 e. The highest BCUT2D eigenvalue weighted by Gasteiger charge is 1.93. The van der Waals surface area contributed by atoms with Crippen molar-refractivity contribution in [2.45, 2.75) is 6.42 Å². The molecule has 1 aromatic carbocycles. The molecule has 0 unspecified atom stereocenters. The molecule has 0 saturated heterocycles. The molecule has 1 N–H and O–H groups in total. The summed E-state index contributed by atoms with van der Waals surface area (Å²) in [6.45, 7) is 2.08. The van der Waals surface area contributed by atoms with Crippen LogP contribution in [0.5, 0.6) is 0 Å². The Morgan fingerprint density at radius 2 is 2.20 bits per heavy atom. The van der Waals surface area contributed by atoms with Crippen molar-refractivity contribution in [3.8, 4) is 12.3 Å². The van der Waals surface area contributed by atoms with Gasteiger partial charge in [0.2, 0.25) is 0 Å². The van der Waals surface area contributed by atoms with Crippen LogP contribution in [0.1, 0.15) is 12.0 Å². The van der Waals surface area contributed by atoms with Gasteiger partial charge in [-0.25, -0.2) is 0 Å². The third kappa shape index (κ3) is 4.53. The highest BCUT2D eigenvalue weighted by molar-refractivity contribution is 5.49. The van der Waals surface area contributed by atoms with Crippen molar-refractivity contribution in [2.75, 3.05) is 32.5 Å². The summed E-state index contributed by atoms with van der Waals surface area (Å²) in [6, 6.07) is 7.95. The van der Waals surface area contributed by atoms with Gasteiger partial charge in [-0.05, 0) is 45.3 Å². The largest absolute Gasteiger partial charge is 0.385 e. The average Bonchev–Trinajstić information content (AvgIpc) is 2.24. The minimum atomic E-state index is 0.924. The molecule has 0 heterocycles. The van der Waals surface area contributed by atoms with Gasteiger partial charge in [-0.2, -0.15) is 0 Å². The zero-order valence-corrected chi connectivity index (χ0v) is 9.46. The van der Waals surface area contributed by atoms with E-state index < -0.39 is 0 Å². The number of benzene rings is 1. The molecular weight excluding hydrogens is 184 g/mol. The van der Waals surface area contributed by atoms with Crippen LogP contribution in [-0.4, -0.2) is 32.1 Å². The zero-order chi connectivity index (χ0) is 11.1. The van der Waals surface area contributed by atoms with E-state index in [0.29, 0.717) is 0 Å². The number of hydrogen-bond acceptors (Lipinski definition) is 2. The molecule has 0 amide bonds. The van der Waals surface area contributed by atoms with Crippen molar-refractivity contribution in [1.82, 2.24) is 4.90 Å². The van der Waals surface area contributed by atoms with Gasteiger partial charge in [0.15, 0.2) is 0 Å². The average molecular weight is 202 g/mol. The van der Waals surface area contributed by atoms with Crippen LogP contribution in [-0.2, 0) is 0 Å². The van der Waals surface area contributed by atoms with Crippen LogP contribution >= 0.6 is 0 Å². The van der Waals surface area contributed by atoms with Crippen LogP contribution in [0.15, 0.2) is 24.3 Å². The maximum absolute atomic E-state index is 5.33. The molecule has 0 spiro atoms. The Morgan fingerprint density at radius 1 is 1.40 bits per heavy atom. The van der Waals surface area contributed by atoms with E-state index >= 15 is 0 Å². The third-order valence-corrected chi connectivity index (χ3v) is 2.14. The van der Waals surface area contributed by atoms with Crippen molar-refractivity contribution in [2.24, 2.45) is 0 Å². The van der Waals surface area contributed by atoms with Gasteiger partial charge in [0.05, 0.1) is 0 Å². The molecule has 0 saturated carbocycles. The molecule has 0 aliphatic heterocycles. The van der Waals surface area contributed by atoms with Crippen LogP contribution in [0.3, 0.4) is 0 Å². The van der Waals surface area contributed by atoms with E-state index in [-0.39, 0.29) is 0 Å². The standard InChI is InChI=1S/C13H18N2/c1-4-12-7-5-8-13(11-12)14-9-6-10-15(2)3/h1,5,7-8,11,14H,6,9-10H2,2-3H3. The summed E-state index contributed by atoms with van der Waals surface area (Å²) in [5.74, 6) is 2.63. The maximum atomic E-state index is 5.33. The summed E-state index contributed by atoms with van der Waals surface area (Å²) < 4.78 is 0. The second-order valence-corrected chi connectivity index (χ2v) is 3.81. The lowest BCUT2D eigenvalue weighted by atomic mass is 10.2. The van der Waals surface area contributed by atoms with Gasteiger partial charge in [0.25, 0.3) is 0 Å². The number of rotatable bonds is 5. The highest BCUT2D eigenvalue weighted by Crippen LogP contribution is 2.09. The summed E-state index contributed by atoms with van der Waals surface area (Å²) in [7, 11) is 4.16. The molecule has 2 nitrogen and oxygen atoms in total. The summed E-state index contributed by atoms with van der Waals surface area (Å²) in [6.07, 6.45) is 6.46. The van der Waals surface area contributed by atoms with Gasteiger partial charge < -0.3 is 10.2 Å². The monoisotopic (exact) mass is 202 g/mol. The molecule has 1 rings (SSSR count). The third-order valence-electron chi connectivity index (χ3n) is 2.14. The van der Waals surface area contributed by atoms with E-state index in [0.717, 1.165) is 30.8 Å². The number of nitrogens with zero attached hydrogens (tertiary/aromatic N) is 1. The second-order valence-electron chi connectivity index (χ2n) is 3.81. The first-order valence-electron chi connectivity index (χ1n) is 5.17. The normalized spacial score (nSPS) is 10.0. The highest BCUT2D eigenvalue weighted by atomic mass is 15.1. The van der Waals surface area contributed by atoms with Crippen LogP contribution in [0.4, 0.5) is 5.69 Å². The van der Waals surface area contributed by atoms with Gasteiger partial charge in [-0.3, -0.25) is 0 Å². The van der Waals surface area contributed by atoms with E-state index in [1.54, 1.807) is 0 Å². The van der Waals surface area contributed by atoms with Gasteiger partial charge in [0.1, 0.15) is 0 Å².